The Labute approximate surface area is 198 Å². The maximum atomic E-state index is 10.5. The highest BCUT2D eigenvalue weighted by Gasteiger charge is 2.19. The van der Waals surface area contributed by atoms with Crippen LogP contribution in [0, 0.1) is 18.3 Å². The number of aryl methyl sites for hydroxylation is 1. The van der Waals surface area contributed by atoms with Gasteiger partial charge >= 0.3 is 0 Å². The topological polar surface area (TPSA) is 81.0 Å². The van der Waals surface area contributed by atoms with E-state index in [9.17, 15) is 13.0 Å². The molecule has 1 rings (SSSR count). The van der Waals surface area contributed by atoms with Gasteiger partial charge in [-0.1, -0.05) is 83.4 Å². The van der Waals surface area contributed by atoms with Crippen molar-refractivity contribution in [2.75, 3.05) is 26.7 Å². The first-order valence-electron chi connectivity index (χ1n) is 12.4. The Morgan fingerprint density at radius 1 is 0.844 bits per heavy atom. The van der Waals surface area contributed by atoms with Crippen molar-refractivity contribution in [2.24, 2.45) is 0 Å². The number of benzene rings is 1. The Bertz CT molecular complexity index is 726. The fourth-order valence-corrected chi connectivity index (χ4v) is 4.53. The Morgan fingerprint density at radius 3 is 1.66 bits per heavy atom. The van der Waals surface area contributed by atoms with Crippen molar-refractivity contribution in [3.05, 3.63) is 29.8 Å². The van der Waals surface area contributed by atoms with Gasteiger partial charge in [0.1, 0.15) is 16.2 Å². The molecule has 0 saturated carbocycles. The predicted octanol–water partition coefficient (Wildman–Crippen LogP) is 6.58. The van der Waals surface area contributed by atoms with Crippen LogP contribution in [-0.4, -0.2) is 44.1 Å². The summed E-state index contributed by atoms with van der Waals surface area (Å²) in [5, 5.41) is 9.08. The molecule has 0 bridgehead atoms. The van der Waals surface area contributed by atoms with Gasteiger partial charge in [-0.2, -0.15) is 5.26 Å². The van der Waals surface area contributed by atoms with Crippen molar-refractivity contribution in [1.82, 2.24) is 0 Å². The van der Waals surface area contributed by atoms with Crippen LogP contribution in [-0.2, 0) is 10.1 Å². The molecule has 6 heteroatoms. The third kappa shape index (κ3) is 15.4. The Balaban J connectivity index is 0.000000726. The van der Waals surface area contributed by atoms with E-state index in [1.807, 2.05) is 0 Å². The van der Waals surface area contributed by atoms with Gasteiger partial charge in [0.2, 0.25) is 0 Å². The van der Waals surface area contributed by atoms with Gasteiger partial charge in [0.15, 0.2) is 6.54 Å². The molecule has 0 radical (unpaired) electrons. The maximum absolute atomic E-state index is 10.5. The number of unbranched alkanes of at least 4 members (excludes halogenated alkanes) is 10. The van der Waals surface area contributed by atoms with Gasteiger partial charge in [0, 0.05) is 0 Å². The maximum Gasteiger partial charge on any atom is 0.166 e. The molecule has 0 atom stereocenters. The summed E-state index contributed by atoms with van der Waals surface area (Å²) in [7, 11) is -2.00. The number of nitriles is 1. The van der Waals surface area contributed by atoms with Crippen LogP contribution >= 0.6 is 0 Å². The fourth-order valence-electron chi connectivity index (χ4n) is 3.83. The summed E-state index contributed by atoms with van der Waals surface area (Å²) < 4.78 is 32.5. The Kier molecular flexibility index (Phi) is 17.3. The molecule has 0 aliphatic carbocycles. The zero-order valence-corrected chi connectivity index (χ0v) is 21.8. The van der Waals surface area contributed by atoms with Gasteiger partial charge in [-0.3, -0.25) is 0 Å². The van der Waals surface area contributed by atoms with Gasteiger partial charge in [0.05, 0.1) is 25.0 Å². The standard InChI is InChI=1S/C19H39N2.C7H8O3S/c1-4-6-8-10-12-14-17-21(3,19-16-20)18-15-13-11-9-7-5-2;1-6-4-2-3-5-7(6)11(8,9)10/h4-15,17-19H2,1-3H3;2-5H,1H3,(H,8,9,10)/q+1;/p-1. The van der Waals surface area contributed by atoms with Crippen LogP contribution in [0.4, 0.5) is 0 Å². The van der Waals surface area contributed by atoms with Crippen LogP contribution in [0.15, 0.2) is 29.2 Å². The van der Waals surface area contributed by atoms with Gasteiger partial charge in [-0.15, -0.1) is 0 Å². The highest BCUT2D eigenvalue weighted by atomic mass is 32.2. The molecule has 0 N–H and O–H groups in total. The quantitative estimate of drug-likeness (QED) is 0.119. The van der Waals surface area contributed by atoms with Crippen LogP contribution in [0.3, 0.4) is 0 Å². The summed E-state index contributed by atoms with van der Waals surface area (Å²) in [5.74, 6) is 0. The van der Waals surface area contributed by atoms with Crippen LogP contribution in [0.2, 0.25) is 0 Å². The van der Waals surface area contributed by atoms with Crippen LogP contribution in [0.5, 0.6) is 0 Å². The molecule has 0 aliphatic heterocycles. The smallest absolute Gasteiger partial charge is 0.166 e. The summed E-state index contributed by atoms with van der Waals surface area (Å²) >= 11 is 0. The van der Waals surface area contributed by atoms with Crippen molar-refractivity contribution >= 4 is 10.1 Å². The summed E-state index contributed by atoms with van der Waals surface area (Å²) in [4.78, 5) is -0.139. The zero-order chi connectivity index (χ0) is 24.3. The second-order valence-electron chi connectivity index (χ2n) is 9.14. The number of rotatable bonds is 16. The molecule has 32 heavy (non-hydrogen) atoms. The van der Waals surface area contributed by atoms with Crippen molar-refractivity contribution in [1.29, 1.82) is 5.26 Å². The monoisotopic (exact) mass is 466 g/mol. The van der Waals surface area contributed by atoms with E-state index in [0.717, 1.165) is 4.48 Å². The highest BCUT2D eigenvalue weighted by molar-refractivity contribution is 7.85. The second kappa shape index (κ2) is 18.1. The van der Waals surface area contributed by atoms with E-state index in [2.05, 4.69) is 27.0 Å². The lowest BCUT2D eigenvalue weighted by Crippen LogP contribution is -2.45. The third-order valence-corrected chi connectivity index (χ3v) is 6.92. The summed E-state index contributed by atoms with van der Waals surface area (Å²) in [5.41, 5.74) is 0.488. The highest BCUT2D eigenvalue weighted by Crippen LogP contribution is 2.14. The second-order valence-corrected chi connectivity index (χ2v) is 10.5. The van der Waals surface area contributed by atoms with Crippen LogP contribution < -0.4 is 0 Å². The molecule has 1 aromatic carbocycles. The lowest BCUT2D eigenvalue weighted by Gasteiger charge is -2.32. The lowest BCUT2D eigenvalue weighted by atomic mass is 10.1. The summed E-state index contributed by atoms with van der Waals surface area (Å²) in [6, 6.07) is 8.50. The average molecular weight is 467 g/mol. The number of hydrogen-bond donors (Lipinski definition) is 0. The average Bonchev–Trinajstić information content (AvgIpc) is 2.73. The van der Waals surface area contributed by atoms with Crippen LogP contribution in [0.25, 0.3) is 0 Å². The van der Waals surface area contributed by atoms with Crippen molar-refractivity contribution < 1.29 is 17.5 Å². The largest absolute Gasteiger partial charge is 0.744 e. The van der Waals surface area contributed by atoms with Crippen molar-refractivity contribution in [2.45, 2.75) is 103 Å². The van der Waals surface area contributed by atoms with E-state index in [4.69, 9.17) is 5.26 Å². The molecule has 1 aromatic rings. The molecule has 184 valence electrons. The molecule has 0 amide bonds. The van der Waals surface area contributed by atoms with Gasteiger partial charge < -0.3 is 9.04 Å². The van der Waals surface area contributed by atoms with Crippen molar-refractivity contribution in [3.8, 4) is 6.07 Å². The van der Waals surface area contributed by atoms with Crippen molar-refractivity contribution in [3.63, 3.8) is 0 Å². The minimum atomic E-state index is -4.28. The molecule has 5 nitrogen and oxygen atoms in total. The zero-order valence-electron chi connectivity index (χ0n) is 20.9. The predicted molar refractivity (Wildman–Crippen MR) is 132 cm³/mol. The fraction of sp³-hybridized carbons (Fsp3) is 0.731. The first kappa shape index (κ1) is 30.6. The molecule has 0 heterocycles. The third-order valence-electron chi connectivity index (χ3n) is 5.92. The van der Waals surface area contributed by atoms with E-state index in [1.165, 1.54) is 102 Å². The van der Waals surface area contributed by atoms with E-state index < -0.39 is 10.1 Å². The minimum absolute atomic E-state index is 0.139. The van der Waals surface area contributed by atoms with E-state index in [-0.39, 0.29) is 4.90 Å². The molecule has 0 aromatic heterocycles. The Hall–Kier alpha value is -1.42. The van der Waals surface area contributed by atoms with E-state index in [0.29, 0.717) is 12.1 Å². The van der Waals surface area contributed by atoms with Crippen LogP contribution in [0.1, 0.15) is 96.5 Å². The van der Waals surface area contributed by atoms with E-state index >= 15 is 0 Å². The molecule has 0 aliphatic rings. The molecule has 0 unspecified atom stereocenters. The first-order valence-corrected chi connectivity index (χ1v) is 13.8. The van der Waals surface area contributed by atoms with E-state index in [1.54, 1.807) is 19.1 Å². The minimum Gasteiger partial charge on any atom is -0.744 e. The summed E-state index contributed by atoms with van der Waals surface area (Å²) in [6.07, 6.45) is 16.2. The van der Waals surface area contributed by atoms with Gasteiger partial charge in [-0.05, 0) is 44.2 Å². The molecular formula is C26H46N2O3S. The first-order chi connectivity index (χ1) is 15.2. The number of quaternary nitrogens is 1. The SMILES string of the molecule is CCCCCCCC[N+](C)(CC#N)CCCCCCCC.Cc1ccccc1S(=O)(=O)[O-]. The Morgan fingerprint density at radius 2 is 1.28 bits per heavy atom. The molecule has 0 fully saturated rings. The van der Waals surface area contributed by atoms with Gasteiger partial charge in [-0.25, -0.2) is 8.42 Å². The normalized spacial score (nSPS) is 11.5. The number of nitrogens with zero attached hydrogens (tertiary/aromatic N) is 2. The molecule has 0 spiro atoms. The molecular weight excluding hydrogens is 420 g/mol. The lowest BCUT2D eigenvalue weighted by molar-refractivity contribution is -0.903. The van der Waals surface area contributed by atoms with Gasteiger partial charge in [0.25, 0.3) is 0 Å². The number of hydrogen-bond acceptors (Lipinski definition) is 4. The summed E-state index contributed by atoms with van der Waals surface area (Å²) in [6.45, 7) is 9.18. The molecule has 0 saturated heterocycles.